The van der Waals surface area contributed by atoms with Crippen LogP contribution in [0.1, 0.15) is 31.2 Å². The second-order valence-corrected chi connectivity index (χ2v) is 9.59. The van der Waals surface area contributed by atoms with Crippen molar-refractivity contribution in [1.29, 1.82) is 0 Å². The minimum absolute atomic E-state index is 0.0693. The first-order valence-electron chi connectivity index (χ1n) is 10.4. The van der Waals surface area contributed by atoms with E-state index in [2.05, 4.69) is 10.6 Å². The van der Waals surface area contributed by atoms with Crippen molar-refractivity contribution in [2.75, 3.05) is 30.0 Å². The van der Waals surface area contributed by atoms with E-state index in [1.54, 1.807) is 23.1 Å². The highest BCUT2D eigenvalue weighted by atomic mass is 35.5. The Morgan fingerprint density at radius 2 is 2.00 bits per heavy atom. The number of nitrogens with one attached hydrogen (secondary N) is 2. The van der Waals surface area contributed by atoms with Crippen LogP contribution in [0.5, 0.6) is 5.06 Å². The number of morpholine rings is 1. The number of ether oxygens (including phenoxy) is 2. The van der Waals surface area contributed by atoms with Gasteiger partial charge in [0.15, 0.2) is 5.06 Å². The van der Waals surface area contributed by atoms with Crippen LogP contribution in [0.15, 0.2) is 30.3 Å². The number of carbonyl (C=O) groups is 3. The smallest absolute Gasteiger partial charge is 0.399 e. The molecule has 2 heterocycles. The number of rotatable bonds is 5. The molecule has 1 aliphatic heterocycles. The number of anilines is 2. The Morgan fingerprint density at radius 1 is 1.22 bits per heavy atom. The molecule has 1 aromatic carbocycles. The fraction of sp³-hybridized carbons (Fsp3) is 0.409. The molecule has 0 spiro atoms. The van der Waals surface area contributed by atoms with E-state index in [4.69, 9.17) is 21.1 Å². The molecular weight excluding hydrogens is 454 g/mol. The minimum atomic E-state index is -1.04. The number of carbonyl (C=O) groups excluding carboxylic acids is 3. The van der Waals surface area contributed by atoms with Gasteiger partial charge in [-0.1, -0.05) is 35.8 Å². The summed E-state index contributed by atoms with van der Waals surface area (Å²) in [4.78, 5) is 39.5. The molecule has 0 bridgehead atoms. The van der Waals surface area contributed by atoms with Crippen LogP contribution in [-0.2, 0) is 14.3 Å². The monoisotopic (exact) mass is 477 g/mol. The third kappa shape index (κ3) is 4.90. The zero-order valence-corrected chi connectivity index (χ0v) is 19.2. The number of thiophene rings is 1. The van der Waals surface area contributed by atoms with Crippen LogP contribution in [0, 0.1) is 6.92 Å². The third-order valence-electron chi connectivity index (χ3n) is 5.71. The lowest BCUT2D eigenvalue weighted by atomic mass is 9.96. The molecule has 0 unspecified atom stereocenters. The number of benzene rings is 1. The van der Waals surface area contributed by atoms with Gasteiger partial charge in [-0.3, -0.25) is 9.59 Å². The average molecular weight is 478 g/mol. The highest BCUT2D eigenvalue weighted by molar-refractivity contribution is 7.17. The lowest BCUT2D eigenvalue weighted by molar-refractivity contribution is -0.125. The first-order chi connectivity index (χ1) is 15.4. The molecule has 2 aliphatic rings. The van der Waals surface area contributed by atoms with Crippen LogP contribution in [0.25, 0.3) is 0 Å². The molecule has 32 heavy (non-hydrogen) atoms. The normalized spacial score (nSPS) is 17.8. The van der Waals surface area contributed by atoms with Gasteiger partial charge in [-0.2, -0.15) is 0 Å². The lowest BCUT2D eigenvalue weighted by Crippen LogP contribution is -2.55. The zero-order valence-electron chi connectivity index (χ0n) is 17.6. The Bertz CT molecular complexity index is 1030. The molecule has 1 saturated carbocycles. The van der Waals surface area contributed by atoms with Gasteiger partial charge in [0.1, 0.15) is 12.1 Å². The van der Waals surface area contributed by atoms with Gasteiger partial charge in [0.2, 0.25) is 5.91 Å². The van der Waals surface area contributed by atoms with Gasteiger partial charge in [0.05, 0.1) is 10.9 Å². The Hall–Kier alpha value is -2.62. The quantitative estimate of drug-likeness (QED) is 0.675. The number of amides is 3. The molecule has 3 amide bonds. The summed E-state index contributed by atoms with van der Waals surface area (Å²) in [6.07, 6.45) is 2.03. The van der Waals surface area contributed by atoms with Gasteiger partial charge in [-0.05, 0) is 55.7 Å². The van der Waals surface area contributed by atoms with Crippen molar-refractivity contribution >= 4 is 52.2 Å². The van der Waals surface area contributed by atoms with Crippen molar-refractivity contribution in [2.24, 2.45) is 0 Å². The van der Waals surface area contributed by atoms with Gasteiger partial charge < -0.3 is 25.0 Å². The first kappa shape index (κ1) is 22.6. The summed E-state index contributed by atoms with van der Waals surface area (Å²) in [5, 5.41) is 6.07. The van der Waals surface area contributed by atoms with Crippen molar-refractivity contribution in [3.8, 4) is 5.06 Å². The van der Waals surface area contributed by atoms with Crippen LogP contribution in [0.3, 0.4) is 0 Å². The second kappa shape index (κ2) is 9.48. The van der Waals surface area contributed by atoms with Crippen molar-refractivity contribution in [3.05, 3.63) is 40.2 Å². The molecule has 2 fully saturated rings. The van der Waals surface area contributed by atoms with Crippen LogP contribution < -0.4 is 20.3 Å². The number of nitrogens with zero attached hydrogens (tertiary/aromatic N) is 1. The summed E-state index contributed by atoms with van der Waals surface area (Å²) in [5.74, 6) is -0.374. The molecule has 10 heteroatoms. The molecule has 1 saturated heterocycles. The zero-order chi connectivity index (χ0) is 22.7. The Labute approximate surface area is 194 Å². The maximum atomic E-state index is 13.2. The van der Waals surface area contributed by atoms with Crippen molar-refractivity contribution in [1.82, 2.24) is 5.32 Å². The lowest BCUT2D eigenvalue weighted by Gasteiger charge is -2.29. The van der Waals surface area contributed by atoms with Crippen LogP contribution in [0.2, 0.25) is 4.34 Å². The number of halogens is 1. The molecule has 0 radical (unpaired) electrons. The molecular formula is C22H24ClN3O5S. The summed E-state index contributed by atoms with van der Waals surface area (Å²) in [6.45, 7) is 2.95. The second-order valence-electron chi connectivity index (χ2n) is 7.92. The minimum Gasteiger partial charge on any atom is -0.399 e. The van der Waals surface area contributed by atoms with E-state index in [0.29, 0.717) is 41.1 Å². The molecule has 0 atom stereocenters. The number of hydrogen-bond donors (Lipinski definition) is 2. The average Bonchev–Trinajstić information content (AvgIpc) is 3.38. The van der Waals surface area contributed by atoms with Crippen molar-refractivity contribution < 1.29 is 23.9 Å². The Morgan fingerprint density at radius 3 is 2.66 bits per heavy atom. The molecule has 2 N–H and O–H groups in total. The van der Waals surface area contributed by atoms with Gasteiger partial charge >= 0.3 is 6.09 Å². The summed E-state index contributed by atoms with van der Waals surface area (Å²) < 4.78 is 11.0. The van der Waals surface area contributed by atoms with Crippen LogP contribution in [0.4, 0.5) is 16.2 Å². The fourth-order valence-corrected chi connectivity index (χ4v) is 4.98. The predicted octanol–water partition coefficient (Wildman–Crippen LogP) is 4.11. The van der Waals surface area contributed by atoms with Crippen molar-refractivity contribution in [2.45, 2.75) is 38.1 Å². The SMILES string of the molecule is Cc1cc(NC(=O)C2(NC(=O)Oc3ccc(Cl)s3)CCCC2)ccc1N1CCOCC1=O. The van der Waals surface area contributed by atoms with Gasteiger partial charge in [-0.25, -0.2) is 4.79 Å². The topological polar surface area (TPSA) is 97.0 Å². The number of aryl methyl sites for hydroxylation is 1. The van der Waals surface area contributed by atoms with Gasteiger partial charge in [0.25, 0.3) is 5.91 Å². The van der Waals surface area contributed by atoms with Crippen LogP contribution >= 0.6 is 22.9 Å². The molecule has 1 aliphatic carbocycles. The summed E-state index contributed by atoms with van der Waals surface area (Å²) in [5.41, 5.74) is 1.22. The Balaban J connectivity index is 1.45. The molecule has 2 aromatic rings. The summed E-state index contributed by atoms with van der Waals surface area (Å²) in [7, 11) is 0. The van der Waals surface area contributed by atoms with Crippen molar-refractivity contribution in [3.63, 3.8) is 0 Å². The van der Waals surface area contributed by atoms with E-state index < -0.39 is 11.6 Å². The summed E-state index contributed by atoms with van der Waals surface area (Å²) in [6, 6.07) is 8.65. The third-order valence-corrected chi connectivity index (χ3v) is 6.82. The maximum absolute atomic E-state index is 13.2. The van der Waals surface area contributed by atoms with E-state index in [9.17, 15) is 14.4 Å². The highest BCUT2D eigenvalue weighted by Gasteiger charge is 2.43. The van der Waals surface area contributed by atoms with E-state index in [1.807, 2.05) is 19.1 Å². The van der Waals surface area contributed by atoms with E-state index in [1.165, 1.54) is 0 Å². The Kier molecular flexibility index (Phi) is 6.68. The molecule has 1 aromatic heterocycles. The largest absolute Gasteiger partial charge is 0.414 e. The number of hydrogen-bond acceptors (Lipinski definition) is 6. The van der Waals surface area contributed by atoms with Gasteiger partial charge in [0, 0.05) is 17.9 Å². The van der Waals surface area contributed by atoms with E-state index >= 15 is 0 Å². The van der Waals surface area contributed by atoms with E-state index in [-0.39, 0.29) is 18.4 Å². The van der Waals surface area contributed by atoms with Gasteiger partial charge in [-0.15, -0.1) is 0 Å². The predicted molar refractivity (Wildman–Crippen MR) is 123 cm³/mol. The first-order valence-corrected chi connectivity index (χ1v) is 11.6. The maximum Gasteiger partial charge on any atom is 0.414 e. The molecule has 170 valence electrons. The molecule has 4 rings (SSSR count). The van der Waals surface area contributed by atoms with Crippen LogP contribution in [-0.4, -0.2) is 43.2 Å². The fourth-order valence-electron chi connectivity index (χ4n) is 4.11. The summed E-state index contributed by atoms with van der Waals surface area (Å²) >= 11 is 7.02. The standard InChI is InChI=1S/C22H24ClN3O5S/c1-14-12-15(4-5-16(14)26-10-11-30-13-18(26)27)24-20(28)22(8-2-3-9-22)25-21(29)31-19-7-6-17(23)32-19/h4-7,12H,2-3,8-11,13H2,1H3,(H,24,28)(H,25,29). The highest BCUT2D eigenvalue weighted by Crippen LogP contribution is 2.33. The molecule has 8 nitrogen and oxygen atoms in total. The van der Waals surface area contributed by atoms with E-state index in [0.717, 1.165) is 35.4 Å².